The smallest absolute Gasteiger partial charge is 0.264 e. The van der Waals surface area contributed by atoms with Crippen LogP contribution >= 0.6 is 11.3 Å². The van der Waals surface area contributed by atoms with Crippen LogP contribution in [0.2, 0.25) is 0 Å². The highest BCUT2D eigenvalue weighted by molar-refractivity contribution is 7.12. The van der Waals surface area contributed by atoms with Crippen molar-refractivity contribution in [3.63, 3.8) is 0 Å². The van der Waals surface area contributed by atoms with Crippen LogP contribution < -0.4 is 5.56 Å². The topological polar surface area (TPSA) is 56.4 Å². The monoisotopic (exact) mass is 381 g/mol. The van der Waals surface area contributed by atoms with Crippen LogP contribution in [0.15, 0.2) is 40.5 Å². The van der Waals surface area contributed by atoms with E-state index in [9.17, 15) is 9.59 Å². The van der Waals surface area contributed by atoms with Crippen LogP contribution in [0.25, 0.3) is 10.9 Å². The molecule has 1 saturated heterocycles. The lowest BCUT2D eigenvalue weighted by Crippen LogP contribution is -2.48. The molecule has 0 unspecified atom stereocenters. The van der Waals surface area contributed by atoms with Gasteiger partial charge in [-0.2, -0.15) is 0 Å². The van der Waals surface area contributed by atoms with Crippen LogP contribution in [0.4, 0.5) is 0 Å². The molecule has 2 aromatic heterocycles. The van der Waals surface area contributed by atoms with Gasteiger partial charge in [-0.15, -0.1) is 11.3 Å². The molecule has 1 aliphatic rings. The third kappa shape index (κ3) is 3.68. The Kier molecular flexibility index (Phi) is 4.85. The quantitative estimate of drug-likeness (QED) is 0.758. The molecule has 1 N–H and O–H groups in total. The van der Waals surface area contributed by atoms with E-state index in [1.54, 1.807) is 0 Å². The normalized spacial score (nSPS) is 15.4. The zero-order chi connectivity index (χ0) is 19.0. The lowest BCUT2D eigenvalue weighted by molar-refractivity contribution is 0.0633. The number of nitrogens with zero attached hydrogens (tertiary/aromatic N) is 2. The molecular formula is C21H23N3O2S. The fraction of sp³-hybridized carbons (Fsp3) is 0.333. The molecule has 1 amide bonds. The van der Waals surface area contributed by atoms with Crippen LogP contribution in [0.3, 0.4) is 0 Å². The third-order valence-corrected chi connectivity index (χ3v) is 6.01. The SMILES string of the molecule is Cc1cc(C)c2[nH]c(=O)c(CN3CCN(C(=O)c4cccs4)CC3)cc2c1. The molecule has 3 aromatic rings. The number of pyridine rings is 1. The summed E-state index contributed by atoms with van der Waals surface area (Å²) in [6.45, 7) is 7.65. The Bertz CT molecular complexity index is 1030. The summed E-state index contributed by atoms with van der Waals surface area (Å²) in [6.07, 6.45) is 0. The number of piperazine rings is 1. The highest BCUT2D eigenvalue weighted by Crippen LogP contribution is 2.19. The first kappa shape index (κ1) is 17.9. The number of thiophene rings is 1. The first-order chi connectivity index (χ1) is 13.0. The number of H-pyrrole nitrogens is 1. The summed E-state index contributed by atoms with van der Waals surface area (Å²) in [5, 5.41) is 3.01. The highest BCUT2D eigenvalue weighted by Gasteiger charge is 2.23. The third-order valence-electron chi connectivity index (χ3n) is 5.16. The van der Waals surface area contributed by atoms with E-state index < -0.39 is 0 Å². The molecule has 27 heavy (non-hydrogen) atoms. The van der Waals surface area contributed by atoms with Crippen LogP contribution in [0.1, 0.15) is 26.4 Å². The molecule has 0 radical (unpaired) electrons. The minimum atomic E-state index is -0.0217. The van der Waals surface area contributed by atoms with E-state index in [-0.39, 0.29) is 11.5 Å². The van der Waals surface area contributed by atoms with Crippen molar-refractivity contribution >= 4 is 28.1 Å². The van der Waals surface area contributed by atoms with Gasteiger partial charge in [-0.1, -0.05) is 17.7 Å². The number of carbonyl (C=O) groups is 1. The molecule has 140 valence electrons. The molecule has 0 atom stereocenters. The average molecular weight is 382 g/mol. The van der Waals surface area contributed by atoms with E-state index in [0.29, 0.717) is 19.6 Å². The summed E-state index contributed by atoms with van der Waals surface area (Å²) in [4.78, 5) is 33.0. The molecule has 4 rings (SSSR count). The average Bonchev–Trinajstić information content (AvgIpc) is 3.18. The fourth-order valence-corrected chi connectivity index (χ4v) is 4.45. The predicted octanol–water partition coefficient (Wildman–Crippen LogP) is 3.16. The van der Waals surface area contributed by atoms with Gasteiger partial charge < -0.3 is 9.88 Å². The van der Waals surface area contributed by atoms with E-state index in [0.717, 1.165) is 40.0 Å². The number of aromatic amines is 1. The summed E-state index contributed by atoms with van der Waals surface area (Å²) < 4.78 is 0. The van der Waals surface area contributed by atoms with Crippen molar-refractivity contribution in [1.82, 2.24) is 14.8 Å². The molecule has 0 spiro atoms. The van der Waals surface area contributed by atoms with Crippen LogP contribution in [0, 0.1) is 13.8 Å². The van der Waals surface area contributed by atoms with Crippen LogP contribution in [-0.4, -0.2) is 46.9 Å². The first-order valence-electron chi connectivity index (χ1n) is 9.19. The van der Waals surface area contributed by atoms with Gasteiger partial charge >= 0.3 is 0 Å². The Morgan fingerprint density at radius 2 is 1.93 bits per heavy atom. The van der Waals surface area contributed by atoms with Gasteiger partial charge in [0.2, 0.25) is 0 Å². The number of amides is 1. The molecular weight excluding hydrogens is 358 g/mol. The highest BCUT2D eigenvalue weighted by atomic mass is 32.1. The van der Waals surface area contributed by atoms with Crippen molar-refractivity contribution in [1.29, 1.82) is 0 Å². The maximum Gasteiger partial charge on any atom is 0.264 e. The van der Waals surface area contributed by atoms with E-state index in [1.807, 2.05) is 35.4 Å². The number of benzene rings is 1. The number of rotatable bonds is 3. The summed E-state index contributed by atoms with van der Waals surface area (Å²) in [5.74, 6) is 0.110. The number of hydrogen-bond donors (Lipinski definition) is 1. The van der Waals surface area contributed by atoms with E-state index in [4.69, 9.17) is 0 Å². The molecule has 0 bridgehead atoms. The number of aryl methyl sites for hydroxylation is 2. The second kappa shape index (κ2) is 7.29. The summed E-state index contributed by atoms with van der Waals surface area (Å²) >= 11 is 1.48. The lowest BCUT2D eigenvalue weighted by Gasteiger charge is -2.34. The number of nitrogens with one attached hydrogen (secondary N) is 1. The molecule has 3 heterocycles. The van der Waals surface area contributed by atoms with Gasteiger partial charge in [0.05, 0.1) is 10.4 Å². The fourth-order valence-electron chi connectivity index (χ4n) is 3.76. The van der Waals surface area contributed by atoms with Gasteiger partial charge in [-0.25, -0.2) is 0 Å². The molecule has 1 aromatic carbocycles. The predicted molar refractivity (Wildman–Crippen MR) is 110 cm³/mol. The molecule has 1 fully saturated rings. The Hall–Kier alpha value is -2.44. The Labute approximate surface area is 162 Å². The Balaban J connectivity index is 1.47. The van der Waals surface area contributed by atoms with Crippen molar-refractivity contribution in [2.24, 2.45) is 0 Å². The summed E-state index contributed by atoms with van der Waals surface area (Å²) in [7, 11) is 0. The number of hydrogen-bond acceptors (Lipinski definition) is 4. The van der Waals surface area contributed by atoms with Gasteiger partial charge in [0, 0.05) is 38.3 Å². The van der Waals surface area contributed by atoms with Crippen LogP contribution in [-0.2, 0) is 6.54 Å². The summed E-state index contributed by atoms with van der Waals surface area (Å²) in [6, 6.07) is 9.99. The standard InChI is InChI=1S/C21H23N3O2S/c1-14-10-15(2)19-16(11-14)12-17(20(25)22-19)13-23-5-7-24(8-6-23)21(26)18-4-3-9-27-18/h3-4,9-12H,5-8,13H2,1-2H3,(H,22,25). The van der Waals surface area contributed by atoms with Crippen molar-refractivity contribution < 1.29 is 4.79 Å². The van der Waals surface area contributed by atoms with Gasteiger partial charge in [-0.3, -0.25) is 14.5 Å². The van der Waals surface area contributed by atoms with Crippen molar-refractivity contribution in [2.45, 2.75) is 20.4 Å². The molecule has 6 heteroatoms. The Morgan fingerprint density at radius 1 is 1.15 bits per heavy atom. The Morgan fingerprint density at radius 3 is 2.63 bits per heavy atom. The first-order valence-corrected chi connectivity index (χ1v) is 10.1. The van der Waals surface area contributed by atoms with E-state index in [1.165, 1.54) is 16.9 Å². The second-order valence-electron chi connectivity index (χ2n) is 7.22. The van der Waals surface area contributed by atoms with Gasteiger partial charge in [0.15, 0.2) is 0 Å². The summed E-state index contributed by atoms with van der Waals surface area (Å²) in [5.41, 5.74) is 3.96. The molecule has 0 aliphatic carbocycles. The minimum Gasteiger partial charge on any atom is -0.335 e. The molecule has 5 nitrogen and oxygen atoms in total. The van der Waals surface area contributed by atoms with Crippen molar-refractivity contribution in [2.75, 3.05) is 26.2 Å². The number of aromatic nitrogens is 1. The number of carbonyl (C=O) groups excluding carboxylic acids is 1. The molecule has 1 aliphatic heterocycles. The van der Waals surface area contributed by atoms with Gasteiger partial charge in [0.25, 0.3) is 11.5 Å². The van der Waals surface area contributed by atoms with E-state index >= 15 is 0 Å². The lowest BCUT2D eigenvalue weighted by atomic mass is 10.0. The zero-order valence-electron chi connectivity index (χ0n) is 15.6. The van der Waals surface area contributed by atoms with Crippen molar-refractivity contribution in [3.05, 3.63) is 67.6 Å². The van der Waals surface area contributed by atoms with Gasteiger partial charge in [-0.05, 0) is 48.4 Å². The maximum atomic E-state index is 12.5. The van der Waals surface area contributed by atoms with Gasteiger partial charge in [0.1, 0.15) is 0 Å². The van der Waals surface area contributed by atoms with E-state index in [2.05, 4.69) is 28.9 Å². The largest absolute Gasteiger partial charge is 0.335 e. The molecule has 0 saturated carbocycles. The zero-order valence-corrected chi connectivity index (χ0v) is 16.4. The number of fused-ring (bicyclic) bond motifs is 1. The maximum absolute atomic E-state index is 12.5. The van der Waals surface area contributed by atoms with Crippen LogP contribution in [0.5, 0.6) is 0 Å². The second-order valence-corrected chi connectivity index (χ2v) is 8.16. The van der Waals surface area contributed by atoms with Crippen molar-refractivity contribution in [3.8, 4) is 0 Å². The minimum absolute atomic E-state index is 0.0217.